The molecule has 5 aromatic rings. The lowest BCUT2D eigenvalue weighted by Crippen LogP contribution is -2.47. The number of allylic oxidation sites excluding steroid dienone is 1. The summed E-state index contributed by atoms with van der Waals surface area (Å²) in [7, 11) is -4.59. The number of sulfonamides is 1. The normalized spacial score (nSPS) is 18.7. The smallest absolute Gasteiger partial charge is 0.293 e. The number of amides is 1. The largest absolute Gasteiger partial charge is 0.476 e. The van der Waals surface area contributed by atoms with Crippen LogP contribution in [0.1, 0.15) is 48.0 Å². The number of carbonyl (C=O) groups is 1. The van der Waals surface area contributed by atoms with Crippen LogP contribution in [0.25, 0.3) is 16.6 Å². The molecule has 3 N–H and O–H groups in total. The van der Waals surface area contributed by atoms with Crippen LogP contribution in [0.3, 0.4) is 0 Å². The summed E-state index contributed by atoms with van der Waals surface area (Å²) < 4.78 is 47.1. The Morgan fingerprint density at radius 2 is 1.75 bits per heavy atom. The van der Waals surface area contributed by atoms with Crippen molar-refractivity contribution in [3.8, 4) is 5.88 Å². The standard InChI is InChI=1S/C45H49ClN8O8S/c46-33-8-6-30(7-9-33)37-5-2-1-4-32(37)28-51-17-19-52(20-18-51)34-10-12-38(40(25-34)53-16-3-21-62-45-42(53)24-31-14-15-47-43(31)49-45)44(55)50-63(58,59)36-11-13-39(41(26-36)54(56)57)48-27-35-29-60-22-23-61-35/h6-15,24-26,35,48H,1-5,16-23,27-29H2,(H,47,49)(H,50,55)/t35-/m0/s1. The lowest BCUT2D eigenvalue weighted by Gasteiger charge is -2.38. The van der Waals surface area contributed by atoms with Crippen LogP contribution in [0, 0.1) is 10.1 Å². The van der Waals surface area contributed by atoms with Crippen molar-refractivity contribution in [1.82, 2.24) is 19.6 Å². The first-order chi connectivity index (χ1) is 30.6. The number of fused-ring (bicyclic) bond motifs is 2. The van der Waals surface area contributed by atoms with E-state index in [1.54, 1.807) is 12.3 Å². The van der Waals surface area contributed by atoms with Crippen molar-refractivity contribution in [2.24, 2.45) is 0 Å². The second-order valence-electron chi connectivity index (χ2n) is 16.2. The van der Waals surface area contributed by atoms with Crippen LogP contribution in [0.2, 0.25) is 5.02 Å². The summed E-state index contributed by atoms with van der Waals surface area (Å²) in [6.07, 6.45) is 6.58. The summed E-state index contributed by atoms with van der Waals surface area (Å²) in [5, 5.41) is 16.7. The number of piperazine rings is 1. The van der Waals surface area contributed by atoms with Crippen LogP contribution < -0.4 is 24.6 Å². The number of nitrogens with one attached hydrogen (secondary N) is 3. The Bertz CT molecular complexity index is 2640. The van der Waals surface area contributed by atoms with Crippen LogP contribution in [-0.4, -0.2) is 112 Å². The summed E-state index contributed by atoms with van der Waals surface area (Å²) in [5.41, 5.74) is 6.56. The van der Waals surface area contributed by atoms with Crippen molar-refractivity contribution in [2.75, 3.05) is 87.4 Å². The Balaban J connectivity index is 0.985. The molecule has 2 aromatic heterocycles. The molecule has 3 aromatic carbocycles. The van der Waals surface area contributed by atoms with Gasteiger partial charge in [-0.05, 0) is 97.8 Å². The fraction of sp³-hybridized carbons (Fsp3) is 0.378. The molecular formula is C45H49ClN8O8S. The number of ether oxygens (including phenoxy) is 3. The van der Waals surface area contributed by atoms with Crippen molar-refractivity contribution >= 4 is 72.6 Å². The second kappa shape index (κ2) is 18.6. The fourth-order valence-corrected chi connectivity index (χ4v) is 9.93. The van der Waals surface area contributed by atoms with E-state index in [0.29, 0.717) is 62.3 Å². The van der Waals surface area contributed by atoms with Crippen molar-refractivity contribution in [3.63, 3.8) is 0 Å². The lowest BCUT2D eigenvalue weighted by molar-refractivity contribution is -0.384. The van der Waals surface area contributed by atoms with Gasteiger partial charge in [-0.1, -0.05) is 29.3 Å². The van der Waals surface area contributed by atoms with Gasteiger partial charge in [-0.25, -0.2) is 13.1 Å². The van der Waals surface area contributed by atoms with E-state index in [1.807, 2.05) is 41.3 Å². The predicted molar refractivity (Wildman–Crippen MR) is 242 cm³/mol. The molecule has 9 rings (SSSR count). The number of rotatable bonds is 12. The third-order valence-electron chi connectivity index (χ3n) is 12.1. The molecule has 63 heavy (non-hydrogen) atoms. The average Bonchev–Trinajstić information content (AvgIpc) is 3.66. The van der Waals surface area contributed by atoms with Gasteiger partial charge in [0.25, 0.3) is 21.6 Å². The van der Waals surface area contributed by atoms with Crippen molar-refractivity contribution in [1.29, 1.82) is 0 Å². The number of carbonyl (C=O) groups excluding carboxylic acids is 1. The molecule has 2 fully saturated rings. The number of nitro benzene ring substituents is 1. The summed E-state index contributed by atoms with van der Waals surface area (Å²) in [5.74, 6) is -0.501. The van der Waals surface area contributed by atoms with E-state index in [9.17, 15) is 23.3 Å². The zero-order chi connectivity index (χ0) is 43.5. The Morgan fingerprint density at radius 1 is 0.921 bits per heavy atom. The van der Waals surface area contributed by atoms with Gasteiger partial charge in [0.1, 0.15) is 17.0 Å². The van der Waals surface area contributed by atoms with Crippen molar-refractivity contribution in [2.45, 2.75) is 43.1 Å². The molecule has 0 radical (unpaired) electrons. The molecule has 1 aliphatic carbocycles. The second-order valence-corrected chi connectivity index (χ2v) is 18.3. The predicted octanol–water partition coefficient (Wildman–Crippen LogP) is 7.14. The first-order valence-electron chi connectivity index (χ1n) is 21.3. The molecule has 3 aliphatic heterocycles. The Kier molecular flexibility index (Phi) is 12.5. The van der Waals surface area contributed by atoms with Crippen molar-refractivity contribution in [3.05, 3.63) is 111 Å². The third kappa shape index (κ3) is 9.48. The summed E-state index contributed by atoms with van der Waals surface area (Å²) >= 11 is 6.21. The van der Waals surface area contributed by atoms with Crippen molar-refractivity contribution < 1.29 is 32.3 Å². The molecule has 16 nitrogen and oxygen atoms in total. The lowest BCUT2D eigenvalue weighted by atomic mass is 9.87. The number of H-pyrrole nitrogens is 1. The third-order valence-corrected chi connectivity index (χ3v) is 13.7. The van der Waals surface area contributed by atoms with Gasteiger partial charge in [0, 0.05) is 74.2 Å². The van der Waals surface area contributed by atoms with Gasteiger partial charge in [0.15, 0.2) is 0 Å². The molecule has 4 aliphatic rings. The SMILES string of the molecule is O=C(NS(=O)(=O)c1ccc(NC[C@H]2COCCO2)c([N+](=O)[O-])c1)c1ccc(N2CCN(CC3=C(c4ccc(Cl)cc4)CCCC3)CC2)cc1N1CCCOc2nc3[nH]ccc3cc21. The quantitative estimate of drug-likeness (QED) is 0.0849. The van der Waals surface area contributed by atoms with Crippen LogP contribution in [0.5, 0.6) is 5.88 Å². The van der Waals surface area contributed by atoms with E-state index in [-0.39, 0.29) is 23.9 Å². The highest BCUT2D eigenvalue weighted by Gasteiger charge is 2.30. The maximum absolute atomic E-state index is 14.3. The Labute approximate surface area is 370 Å². The van der Waals surface area contributed by atoms with Gasteiger partial charge >= 0.3 is 0 Å². The Morgan fingerprint density at radius 3 is 2.54 bits per heavy atom. The number of halogens is 1. The molecule has 2 saturated heterocycles. The summed E-state index contributed by atoms with van der Waals surface area (Å²) in [4.78, 5) is 40.0. The number of anilines is 4. The minimum Gasteiger partial charge on any atom is -0.476 e. The van der Waals surface area contributed by atoms with E-state index < -0.39 is 31.4 Å². The molecule has 0 spiro atoms. The monoisotopic (exact) mass is 896 g/mol. The molecule has 18 heteroatoms. The number of aromatic amines is 1. The summed E-state index contributed by atoms with van der Waals surface area (Å²) in [6.45, 7) is 6.36. The highest BCUT2D eigenvalue weighted by molar-refractivity contribution is 7.90. The number of nitrogens with zero attached hydrogens (tertiary/aromatic N) is 5. The highest BCUT2D eigenvalue weighted by Crippen LogP contribution is 2.41. The van der Waals surface area contributed by atoms with Gasteiger partial charge < -0.3 is 34.3 Å². The molecule has 0 saturated carbocycles. The minimum atomic E-state index is -4.59. The topological polar surface area (TPSA) is 185 Å². The molecule has 1 atom stereocenters. The van der Waals surface area contributed by atoms with Crippen LogP contribution >= 0.6 is 11.6 Å². The van der Waals surface area contributed by atoms with E-state index in [4.69, 9.17) is 30.8 Å². The summed E-state index contributed by atoms with van der Waals surface area (Å²) in [6, 6.07) is 20.9. The fourth-order valence-electron chi connectivity index (χ4n) is 8.82. The minimum absolute atomic E-state index is 0.101. The molecule has 0 bridgehead atoms. The van der Waals surface area contributed by atoms with Gasteiger partial charge in [-0.3, -0.25) is 19.8 Å². The number of nitro groups is 1. The first kappa shape index (κ1) is 42.6. The molecule has 5 heterocycles. The number of hydrogen-bond donors (Lipinski definition) is 3. The van der Waals surface area contributed by atoms with Crippen LogP contribution in [0.4, 0.5) is 28.4 Å². The molecule has 1 amide bonds. The number of aromatic nitrogens is 2. The van der Waals surface area contributed by atoms with Crippen LogP contribution in [0.15, 0.2) is 89.5 Å². The van der Waals surface area contributed by atoms with E-state index in [1.165, 1.54) is 41.7 Å². The number of pyridine rings is 1. The zero-order valence-corrected chi connectivity index (χ0v) is 36.3. The van der Waals surface area contributed by atoms with Gasteiger partial charge in [-0.2, -0.15) is 4.98 Å². The highest BCUT2D eigenvalue weighted by atomic mass is 35.5. The average molecular weight is 897 g/mol. The number of benzene rings is 3. The van der Waals surface area contributed by atoms with Crippen LogP contribution in [-0.2, 0) is 19.5 Å². The van der Waals surface area contributed by atoms with Gasteiger partial charge in [0.05, 0.1) is 53.6 Å². The van der Waals surface area contributed by atoms with Gasteiger partial charge in [0.2, 0.25) is 5.88 Å². The van der Waals surface area contributed by atoms with Gasteiger partial charge in [-0.15, -0.1) is 0 Å². The van der Waals surface area contributed by atoms with E-state index in [0.717, 1.165) is 67.7 Å². The number of hydrogen-bond acceptors (Lipinski definition) is 13. The Hall–Kier alpha value is -5.72. The first-order valence-corrected chi connectivity index (χ1v) is 23.2. The maximum atomic E-state index is 14.3. The zero-order valence-electron chi connectivity index (χ0n) is 34.7. The maximum Gasteiger partial charge on any atom is 0.293 e. The van der Waals surface area contributed by atoms with E-state index >= 15 is 0 Å². The molecule has 0 unspecified atom stereocenters. The van der Waals surface area contributed by atoms with E-state index in [2.05, 4.69) is 37.0 Å². The molecule has 330 valence electrons. The molecular weight excluding hydrogens is 848 g/mol.